The number of carbonyl (C=O) groups excluding carboxylic acids is 1. The lowest BCUT2D eigenvalue weighted by Crippen LogP contribution is -2.49. The number of aliphatic hydroxyl groups excluding tert-OH is 1. The van der Waals surface area contributed by atoms with E-state index in [-0.39, 0.29) is 6.61 Å². The molecule has 4 heteroatoms. The molecule has 0 unspecified atom stereocenters. The SMILES string of the molecule is O=C(CCCC1CCCC1)N1CCN(CCO)CC1. The van der Waals surface area contributed by atoms with Gasteiger partial charge in [-0.1, -0.05) is 25.7 Å². The van der Waals surface area contributed by atoms with Crippen molar-refractivity contribution < 1.29 is 9.90 Å². The van der Waals surface area contributed by atoms with Crippen molar-refractivity contribution in [2.24, 2.45) is 5.92 Å². The molecule has 0 radical (unpaired) electrons. The van der Waals surface area contributed by atoms with Gasteiger partial charge in [0.25, 0.3) is 0 Å². The predicted molar refractivity (Wildman–Crippen MR) is 75.9 cm³/mol. The smallest absolute Gasteiger partial charge is 0.222 e. The van der Waals surface area contributed by atoms with E-state index in [1.165, 1.54) is 32.1 Å². The van der Waals surface area contributed by atoms with Crippen LogP contribution in [0.4, 0.5) is 0 Å². The first kappa shape index (κ1) is 14.8. The molecule has 2 aliphatic rings. The molecule has 2 rings (SSSR count). The Morgan fingerprint density at radius 1 is 1.11 bits per heavy atom. The Bertz CT molecular complexity index is 269. The van der Waals surface area contributed by atoms with E-state index < -0.39 is 0 Å². The summed E-state index contributed by atoms with van der Waals surface area (Å²) in [4.78, 5) is 16.3. The zero-order valence-electron chi connectivity index (χ0n) is 12.0. The average molecular weight is 268 g/mol. The molecule has 2 fully saturated rings. The molecule has 1 saturated carbocycles. The monoisotopic (exact) mass is 268 g/mol. The summed E-state index contributed by atoms with van der Waals surface area (Å²) < 4.78 is 0. The number of amides is 1. The molecule has 0 bridgehead atoms. The molecule has 4 nitrogen and oxygen atoms in total. The molecule has 110 valence electrons. The number of rotatable bonds is 6. The van der Waals surface area contributed by atoms with Crippen molar-refractivity contribution in [2.75, 3.05) is 39.3 Å². The fraction of sp³-hybridized carbons (Fsp3) is 0.933. The normalized spacial score (nSPS) is 22.1. The third kappa shape index (κ3) is 4.77. The van der Waals surface area contributed by atoms with E-state index in [0.29, 0.717) is 5.91 Å². The van der Waals surface area contributed by atoms with E-state index in [2.05, 4.69) is 4.90 Å². The van der Waals surface area contributed by atoms with Crippen LogP contribution in [-0.2, 0) is 4.79 Å². The van der Waals surface area contributed by atoms with Crippen molar-refractivity contribution >= 4 is 5.91 Å². The Morgan fingerprint density at radius 2 is 1.79 bits per heavy atom. The summed E-state index contributed by atoms with van der Waals surface area (Å²) in [5, 5.41) is 8.89. The third-order valence-corrected chi connectivity index (χ3v) is 4.62. The first-order valence-electron chi connectivity index (χ1n) is 7.90. The molecule has 1 amide bonds. The summed E-state index contributed by atoms with van der Waals surface area (Å²) in [6.07, 6.45) is 8.60. The maximum atomic E-state index is 12.1. The van der Waals surface area contributed by atoms with Crippen LogP contribution in [0.3, 0.4) is 0 Å². The first-order valence-corrected chi connectivity index (χ1v) is 7.90. The van der Waals surface area contributed by atoms with Gasteiger partial charge in [0, 0.05) is 39.1 Å². The van der Waals surface area contributed by atoms with Crippen molar-refractivity contribution in [3.63, 3.8) is 0 Å². The standard InChI is InChI=1S/C15H28N2O2/c18-13-12-16-8-10-17(11-9-16)15(19)7-3-6-14-4-1-2-5-14/h14,18H,1-13H2. The minimum Gasteiger partial charge on any atom is -0.395 e. The van der Waals surface area contributed by atoms with Crippen molar-refractivity contribution in [3.05, 3.63) is 0 Å². The Labute approximate surface area is 116 Å². The largest absolute Gasteiger partial charge is 0.395 e. The van der Waals surface area contributed by atoms with Gasteiger partial charge in [0.1, 0.15) is 0 Å². The van der Waals surface area contributed by atoms with Gasteiger partial charge < -0.3 is 10.0 Å². The molecule has 1 N–H and O–H groups in total. The zero-order valence-corrected chi connectivity index (χ0v) is 12.0. The van der Waals surface area contributed by atoms with Gasteiger partial charge in [0.15, 0.2) is 0 Å². The molecule has 1 aliphatic heterocycles. The summed E-state index contributed by atoms with van der Waals surface area (Å²) in [6, 6.07) is 0. The summed E-state index contributed by atoms with van der Waals surface area (Å²) in [5.74, 6) is 1.23. The lowest BCUT2D eigenvalue weighted by atomic mass is 10.0. The third-order valence-electron chi connectivity index (χ3n) is 4.62. The zero-order chi connectivity index (χ0) is 13.5. The predicted octanol–water partition coefficient (Wildman–Crippen LogP) is 1.48. The van der Waals surface area contributed by atoms with Gasteiger partial charge in [-0.2, -0.15) is 0 Å². The van der Waals surface area contributed by atoms with E-state index in [0.717, 1.165) is 51.5 Å². The number of hydrogen-bond acceptors (Lipinski definition) is 3. The second kappa shape index (κ2) is 7.85. The molecule has 0 atom stereocenters. The molecular weight excluding hydrogens is 240 g/mol. The fourth-order valence-electron chi connectivity index (χ4n) is 3.36. The van der Waals surface area contributed by atoms with Crippen molar-refractivity contribution in [1.29, 1.82) is 0 Å². The maximum absolute atomic E-state index is 12.1. The Morgan fingerprint density at radius 3 is 2.42 bits per heavy atom. The Hall–Kier alpha value is -0.610. The topological polar surface area (TPSA) is 43.8 Å². The maximum Gasteiger partial charge on any atom is 0.222 e. The van der Waals surface area contributed by atoms with Gasteiger partial charge in [0.2, 0.25) is 5.91 Å². The van der Waals surface area contributed by atoms with E-state index >= 15 is 0 Å². The van der Waals surface area contributed by atoms with E-state index in [1.54, 1.807) is 0 Å². The fourth-order valence-corrected chi connectivity index (χ4v) is 3.36. The second-order valence-corrected chi connectivity index (χ2v) is 5.99. The lowest BCUT2D eigenvalue weighted by molar-refractivity contribution is -0.133. The van der Waals surface area contributed by atoms with Crippen LogP contribution in [0, 0.1) is 5.92 Å². The molecule has 1 heterocycles. The van der Waals surface area contributed by atoms with Crippen LogP contribution in [0.15, 0.2) is 0 Å². The minimum atomic E-state index is 0.218. The van der Waals surface area contributed by atoms with Gasteiger partial charge >= 0.3 is 0 Å². The molecule has 1 saturated heterocycles. The number of nitrogens with zero attached hydrogens (tertiary/aromatic N) is 2. The van der Waals surface area contributed by atoms with Gasteiger partial charge in [-0.25, -0.2) is 0 Å². The number of carbonyl (C=O) groups is 1. The molecule has 19 heavy (non-hydrogen) atoms. The highest BCUT2D eigenvalue weighted by Crippen LogP contribution is 2.29. The van der Waals surface area contributed by atoms with Crippen LogP contribution in [0.25, 0.3) is 0 Å². The number of piperazine rings is 1. The van der Waals surface area contributed by atoms with Crippen LogP contribution in [0.1, 0.15) is 44.9 Å². The van der Waals surface area contributed by atoms with Crippen LogP contribution in [0.5, 0.6) is 0 Å². The first-order chi connectivity index (χ1) is 9.29. The molecular formula is C15H28N2O2. The van der Waals surface area contributed by atoms with E-state index in [9.17, 15) is 4.79 Å². The van der Waals surface area contributed by atoms with Crippen LogP contribution < -0.4 is 0 Å². The summed E-state index contributed by atoms with van der Waals surface area (Å²) >= 11 is 0. The van der Waals surface area contributed by atoms with Crippen LogP contribution >= 0.6 is 0 Å². The van der Waals surface area contributed by atoms with Crippen LogP contribution in [-0.4, -0.2) is 60.1 Å². The second-order valence-electron chi connectivity index (χ2n) is 5.99. The van der Waals surface area contributed by atoms with Crippen molar-refractivity contribution in [1.82, 2.24) is 9.80 Å². The highest BCUT2D eigenvalue weighted by molar-refractivity contribution is 5.76. The minimum absolute atomic E-state index is 0.218. The van der Waals surface area contributed by atoms with Gasteiger partial charge in [-0.05, 0) is 18.8 Å². The number of β-amino-alcohol motifs (C(OH)–C–C–N with tert-alkyl or cyclic N) is 1. The number of hydrogen-bond donors (Lipinski definition) is 1. The Kier molecular flexibility index (Phi) is 6.11. The van der Waals surface area contributed by atoms with E-state index in [1.807, 2.05) is 4.90 Å². The summed E-state index contributed by atoms with van der Waals surface area (Å²) in [5.41, 5.74) is 0. The highest BCUT2D eigenvalue weighted by Gasteiger charge is 2.21. The van der Waals surface area contributed by atoms with Gasteiger partial charge in [-0.15, -0.1) is 0 Å². The van der Waals surface area contributed by atoms with Crippen LogP contribution in [0.2, 0.25) is 0 Å². The lowest BCUT2D eigenvalue weighted by Gasteiger charge is -2.34. The average Bonchev–Trinajstić information content (AvgIpc) is 2.93. The molecule has 0 aromatic heterocycles. The van der Waals surface area contributed by atoms with Crippen molar-refractivity contribution in [2.45, 2.75) is 44.9 Å². The van der Waals surface area contributed by atoms with Gasteiger partial charge in [-0.3, -0.25) is 9.69 Å². The van der Waals surface area contributed by atoms with E-state index in [4.69, 9.17) is 5.11 Å². The molecule has 0 aromatic rings. The summed E-state index contributed by atoms with van der Waals surface area (Å²) in [7, 11) is 0. The number of aliphatic hydroxyl groups is 1. The quantitative estimate of drug-likeness (QED) is 0.793. The summed E-state index contributed by atoms with van der Waals surface area (Å²) in [6.45, 7) is 4.45. The molecule has 0 spiro atoms. The van der Waals surface area contributed by atoms with Gasteiger partial charge in [0.05, 0.1) is 6.61 Å². The molecule has 0 aromatic carbocycles. The van der Waals surface area contributed by atoms with Crippen molar-refractivity contribution in [3.8, 4) is 0 Å². The Balaban J connectivity index is 1.58. The highest BCUT2D eigenvalue weighted by atomic mass is 16.3. The molecule has 1 aliphatic carbocycles.